The molecule has 0 radical (unpaired) electrons. The maximum Gasteiger partial charge on any atom is 0.226 e. The molecule has 1 saturated carbocycles. The molecule has 2 aliphatic heterocycles. The van der Waals surface area contributed by atoms with E-state index in [1.807, 2.05) is 18.2 Å². The number of amides is 1. The third kappa shape index (κ3) is 5.42. The van der Waals surface area contributed by atoms with E-state index in [0.29, 0.717) is 17.9 Å². The Hall–Kier alpha value is -2.37. The molecule has 1 aliphatic carbocycles. The second kappa shape index (κ2) is 9.86. The minimum absolute atomic E-state index is 0.282. The molecule has 2 heterocycles. The summed E-state index contributed by atoms with van der Waals surface area (Å²) < 4.78 is 5.92. The molecule has 0 aromatic heterocycles. The van der Waals surface area contributed by atoms with E-state index in [2.05, 4.69) is 58.1 Å². The smallest absolute Gasteiger partial charge is 0.226 e. The fourth-order valence-corrected chi connectivity index (χ4v) is 5.58. The summed E-state index contributed by atoms with van der Waals surface area (Å²) in [7, 11) is 2.16. The van der Waals surface area contributed by atoms with Crippen molar-refractivity contribution in [3.63, 3.8) is 0 Å². The van der Waals surface area contributed by atoms with Crippen molar-refractivity contribution < 1.29 is 9.53 Å². The third-order valence-corrected chi connectivity index (χ3v) is 7.95. The van der Waals surface area contributed by atoms with Crippen LogP contribution in [0.1, 0.15) is 36.8 Å². The molecule has 1 unspecified atom stereocenters. The average molecular weight is 448 g/mol. The number of ether oxygens (including phenoxy) is 1. The molecule has 2 aromatic rings. The number of hydrogen-bond donors (Lipinski definition) is 0. The predicted octanol–water partition coefficient (Wildman–Crippen LogP) is 4.03. The van der Waals surface area contributed by atoms with Gasteiger partial charge in [-0.3, -0.25) is 9.69 Å². The molecular formula is C28H37N3O2. The van der Waals surface area contributed by atoms with Crippen LogP contribution in [0, 0.1) is 11.3 Å². The number of carbonyl (C=O) groups is 1. The summed E-state index contributed by atoms with van der Waals surface area (Å²) in [4.78, 5) is 20.2. The Bertz CT molecular complexity index is 922. The van der Waals surface area contributed by atoms with Gasteiger partial charge in [0.1, 0.15) is 12.4 Å². The van der Waals surface area contributed by atoms with Gasteiger partial charge in [-0.2, -0.15) is 0 Å². The average Bonchev–Trinajstić information content (AvgIpc) is 3.60. The van der Waals surface area contributed by atoms with Crippen molar-refractivity contribution in [2.45, 2.75) is 38.8 Å². The van der Waals surface area contributed by atoms with Crippen molar-refractivity contribution in [2.75, 3.05) is 46.3 Å². The number of benzene rings is 2. The van der Waals surface area contributed by atoms with Crippen LogP contribution in [0.2, 0.25) is 0 Å². The molecular weight excluding hydrogens is 410 g/mol. The van der Waals surface area contributed by atoms with Crippen LogP contribution in [0.15, 0.2) is 54.6 Å². The molecule has 1 amide bonds. The Labute approximate surface area is 198 Å². The highest BCUT2D eigenvalue weighted by molar-refractivity contribution is 5.82. The Balaban J connectivity index is 1.07. The second-order valence-corrected chi connectivity index (χ2v) is 10.3. The number of nitrogens with zero attached hydrogens (tertiary/aromatic N) is 3. The number of carbonyl (C=O) groups excluding carboxylic acids is 1. The first-order valence-corrected chi connectivity index (χ1v) is 12.6. The van der Waals surface area contributed by atoms with Crippen molar-refractivity contribution >= 4 is 5.91 Å². The number of piperidine rings is 1. The lowest BCUT2D eigenvalue weighted by atomic mass is 9.90. The molecule has 0 N–H and O–H groups in total. The molecule has 0 bridgehead atoms. The van der Waals surface area contributed by atoms with Crippen LogP contribution >= 0.6 is 0 Å². The first kappa shape index (κ1) is 22.4. The molecule has 2 aromatic carbocycles. The van der Waals surface area contributed by atoms with Crippen molar-refractivity contribution in [2.24, 2.45) is 11.3 Å². The molecule has 5 heteroatoms. The van der Waals surface area contributed by atoms with E-state index in [1.165, 1.54) is 11.1 Å². The Morgan fingerprint density at radius 2 is 1.67 bits per heavy atom. The maximum absolute atomic E-state index is 13.1. The fourth-order valence-electron chi connectivity index (χ4n) is 5.58. The van der Waals surface area contributed by atoms with Gasteiger partial charge in [0.05, 0.1) is 0 Å². The molecule has 5 nitrogen and oxygen atoms in total. The molecule has 3 fully saturated rings. The van der Waals surface area contributed by atoms with Crippen molar-refractivity contribution in [1.29, 1.82) is 0 Å². The summed E-state index contributed by atoms with van der Waals surface area (Å²) in [6, 6.07) is 18.8. The first-order chi connectivity index (χ1) is 16.1. The predicted molar refractivity (Wildman–Crippen MR) is 131 cm³/mol. The van der Waals surface area contributed by atoms with Gasteiger partial charge in [-0.1, -0.05) is 42.5 Å². The SMILES string of the molecule is CN1CCCN(C(=O)C2CC23CCN(Cc2ccc(OCc4ccccc4)cc2)CC3)CC1. The highest BCUT2D eigenvalue weighted by Crippen LogP contribution is 2.60. The van der Waals surface area contributed by atoms with Crippen molar-refractivity contribution in [1.82, 2.24) is 14.7 Å². The van der Waals surface area contributed by atoms with E-state index in [4.69, 9.17) is 4.74 Å². The minimum Gasteiger partial charge on any atom is -0.489 e. The van der Waals surface area contributed by atoms with Gasteiger partial charge in [0, 0.05) is 32.1 Å². The molecule has 2 saturated heterocycles. The number of likely N-dealkylation sites (N-methyl/N-ethyl adjacent to an activating group) is 1. The van der Waals surface area contributed by atoms with E-state index in [9.17, 15) is 4.79 Å². The van der Waals surface area contributed by atoms with Gasteiger partial charge in [0.25, 0.3) is 0 Å². The van der Waals surface area contributed by atoms with Crippen LogP contribution in [-0.2, 0) is 17.9 Å². The summed E-state index contributed by atoms with van der Waals surface area (Å²) in [5.74, 6) is 1.63. The molecule has 1 spiro atoms. The summed E-state index contributed by atoms with van der Waals surface area (Å²) >= 11 is 0. The van der Waals surface area contributed by atoms with Gasteiger partial charge in [-0.05, 0) is 81.0 Å². The maximum atomic E-state index is 13.1. The number of hydrogen-bond acceptors (Lipinski definition) is 4. The van der Waals surface area contributed by atoms with Crippen molar-refractivity contribution in [3.05, 3.63) is 65.7 Å². The van der Waals surface area contributed by atoms with Crippen LogP contribution in [-0.4, -0.2) is 66.9 Å². The van der Waals surface area contributed by atoms with E-state index in [-0.39, 0.29) is 5.92 Å². The lowest BCUT2D eigenvalue weighted by Gasteiger charge is -2.33. The topological polar surface area (TPSA) is 36.0 Å². The Morgan fingerprint density at radius 1 is 0.909 bits per heavy atom. The monoisotopic (exact) mass is 447 g/mol. The van der Waals surface area contributed by atoms with Gasteiger partial charge in [0.2, 0.25) is 5.91 Å². The minimum atomic E-state index is 0.282. The standard InChI is InChI=1S/C28H37N3O2/c1-29-14-5-15-31(19-18-29)27(32)26-20-28(26)12-16-30(17-13-28)21-23-8-10-25(11-9-23)33-22-24-6-3-2-4-7-24/h2-4,6-11,26H,5,12-22H2,1H3. The van der Waals surface area contributed by atoms with E-state index >= 15 is 0 Å². The van der Waals surface area contributed by atoms with E-state index in [0.717, 1.165) is 77.2 Å². The summed E-state index contributed by atoms with van der Waals surface area (Å²) in [5.41, 5.74) is 2.81. The van der Waals surface area contributed by atoms with Gasteiger partial charge in [-0.25, -0.2) is 0 Å². The molecule has 5 rings (SSSR count). The van der Waals surface area contributed by atoms with Gasteiger partial charge in [-0.15, -0.1) is 0 Å². The lowest BCUT2D eigenvalue weighted by Crippen LogP contribution is -2.39. The lowest BCUT2D eigenvalue weighted by molar-refractivity contribution is -0.133. The largest absolute Gasteiger partial charge is 0.489 e. The second-order valence-electron chi connectivity index (χ2n) is 10.3. The van der Waals surface area contributed by atoms with E-state index in [1.54, 1.807) is 0 Å². The highest BCUT2D eigenvalue weighted by atomic mass is 16.5. The van der Waals surface area contributed by atoms with Crippen LogP contribution < -0.4 is 4.74 Å². The third-order valence-electron chi connectivity index (χ3n) is 7.95. The first-order valence-electron chi connectivity index (χ1n) is 12.6. The number of rotatable bonds is 6. The van der Waals surface area contributed by atoms with Crippen LogP contribution in [0.3, 0.4) is 0 Å². The highest BCUT2D eigenvalue weighted by Gasteiger charge is 2.59. The molecule has 33 heavy (non-hydrogen) atoms. The quantitative estimate of drug-likeness (QED) is 0.670. The van der Waals surface area contributed by atoms with E-state index < -0.39 is 0 Å². The molecule has 176 valence electrons. The zero-order valence-corrected chi connectivity index (χ0v) is 19.9. The van der Waals surface area contributed by atoms with Gasteiger partial charge in [0.15, 0.2) is 0 Å². The zero-order valence-electron chi connectivity index (χ0n) is 19.9. The molecule has 1 atom stereocenters. The van der Waals surface area contributed by atoms with Gasteiger partial charge >= 0.3 is 0 Å². The fraction of sp³-hybridized carbons (Fsp3) is 0.536. The summed E-state index contributed by atoms with van der Waals surface area (Å²) in [6.07, 6.45) is 4.54. The molecule has 3 aliphatic rings. The zero-order chi connectivity index (χ0) is 22.7. The van der Waals surface area contributed by atoms with Crippen LogP contribution in [0.5, 0.6) is 5.75 Å². The Kier molecular flexibility index (Phi) is 6.70. The van der Waals surface area contributed by atoms with Crippen molar-refractivity contribution in [3.8, 4) is 5.75 Å². The van der Waals surface area contributed by atoms with Crippen LogP contribution in [0.25, 0.3) is 0 Å². The number of likely N-dealkylation sites (tertiary alicyclic amines) is 1. The Morgan fingerprint density at radius 3 is 2.42 bits per heavy atom. The van der Waals surface area contributed by atoms with Crippen LogP contribution in [0.4, 0.5) is 0 Å². The summed E-state index contributed by atoms with van der Waals surface area (Å²) in [5, 5.41) is 0. The van der Waals surface area contributed by atoms with Gasteiger partial charge < -0.3 is 14.5 Å². The normalized spacial score (nSPS) is 23.3. The summed E-state index contributed by atoms with van der Waals surface area (Å²) in [6.45, 7) is 7.72.